The molecule has 0 saturated heterocycles. The topological polar surface area (TPSA) is 126 Å². The molecular formula is C49H76N4O5S. The highest BCUT2D eigenvalue weighted by Crippen LogP contribution is 2.77. The molecule has 0 spiro atoms. The van der Waals surface area contributed by atoms with Crippen molar-refractivity contribution in [2.75, 3.05) is 33.2 Å². The van der Waals surface area contributed by atoms with E-state index >= 15 is 0 Å². The summed E-state index contributed by atoms with van der Waals surface area (Å²) in [6.07, 6.45) is 12.7. The Morgan fingerprint density at radius 2 is 1.73 bits per heavy atom. The number of ketones is 1. The predicted molar refractivity (Wildman–Crippen MR) is 239 cm³/mol. The van der Waals surface area contributed by atoms with Crippen molar-refractivity contribution in [2.24, 2.45) is 56.0 Å². The first kappa shape index (κ1) is 46.0. The number of carbonyl (C=O) groups excluding carboxylic acids is 2. The van der Waals surface area contributed by atoms with Crippen LogP contribution in [0.25, 0.3) is 0 Å². The Bertz CT molecular complexity index is 1810. The van der Waals surface area contributed by atoms with Crippen LogP contribution in [0.1, 0.15) is 139 Å². The summed E-state index contributed by atoms with van der Waals surface area (Å²) in [5.74, 6) is -0.204. The maximum atomic E-state index is 14.4. The van der Waals surface area contributed by atoms with Crippen molar-refractivity contribution in [3.63, 3.8) is 0 Å². The zero-order chi connectivity index (χ0) is 43.4. The Kier molecular flexibility index (Phi) is 13.0. The quantitative estimate of drug-likeness (QED) is 0.117. The Morgan fingerprint density at radius 1 is 1.02 bits per heavy atom. The van der Waals surface area contributed by atoms with E-state index in [9.17, 15) is 19.5 Å². The number of ether oxygens (including phenoxy) is 1. The number of nitrogens with zero attached hydrogens (tertiary/aromatic N) is 3. The highest BCUT2D eigenvalue weighted by molar-refractivity contribution is 7.83. The molecule has 6 rings (SSSR count). The van der Waals surface area contributed by atoms with Gasteiger partial charge < -0.3 is 20.5 Å². The summed E-state index contributed by atoms with van der Waals surface area (Å²) < 4.78 is 6.21. The van der Waals surface area contributed by atoms with E-state index in [-0.39, 0.29) is 45.5 Å². The van der Waals surface area contributed by atoms with E-state index in [1.54, 1.807) is 19.3 Å². The number of esters is 1. The van der Waals surface area contributed by atoms with Gasteiger partial charge in [0, 0.05) is 55.2 Å². The molecule has 328 valence electrons. The van der Waals surface area contributed by atoms with E-state index in [1.165, 1.54) is 5.57 Å². The van der Waals surface area contributed by atoms with E-state index in [1.807, 2.05) is 12.3 Å². The van der Waals surface area contributed by atoms with E-state index in [0.29, 0.717) is 24.0 Å². The number of rotatable bonds is 15. The van der Waals surface area contributed by atoms with E-state index < -0.39 is 22.9 Å². The summed E-state index contributed by atoms with van der Waals surface area (Å²) in [6.45, 7) is 24.0. The molecule has 0 amide bonds. The third-order valence-electron chi connectivity index (χ3n) is 17.6. The van der Waals surface area contributed by atoms with Crippen LogP contribution in [0, 0.1) is 50.2 Å². The molecule has 5 aliphatic carbocycles. The smallest absolute Gasteiger partial charge is 0.309 e. The summed E-state index contributed by atoms with van der Waals surface area (Å²) >= 11 is 4.26. The largest absolute Gasteiger partial charge is 0.481 e. The van der Waals surface area contributed by atoms with Crippen LogP contribution in [-0.2, 0) is 25.7 Å². The number of likely N-dealkylation sites (N-methyl/N-ethyl adjacent to an activating group) is 1. The fourth-order valence-electron chi connectivity index (χ4n) is 14.0. The fourth-order valence-corrected chi connectivity index (χ4v) is 14.1. The number of allylic oxidation sites excluding steroid dienone is 1. The average Bonchev–Trinajstić information content (AvgIpc) is 3.47. The van der Waals surface area contributed by atoms with E-state index in [4.69, 9.17) is 15.5 Å². The molecule has 0 unspecified atom stereocenters. The Morgan fingerprint density at radius 3 is 2.37 bits per heavy atom. The van der Waals surface area contributed by atoms with Crippen molar-refractivity contribution in [3.8, 4) is 0 Å². The lowest BCUT2D eigenvalue weighted by molar-refractivity contribution is -0.237. The van der Waals surface area contributed by atoms with Gasteiger partial charge in [-0.15, -0.1) is 0 Å². The maximum absolute atomic E-state index is 14.4. The zero-order valence-electron chi connectivity index (χ0n) is 38.0. The van der Waals surface area contributed by atoms with Crippen molar-refractivity contribution in [1.82, 2.24) is 14.8 Å². The van der Waals surface area contributed by atoms with Gasteiger partial charge in [-0.1, -0.05) is 60.6 Å². The minimum atomic E-state index is -1.17. The van der Waals surface area contributed by atoms with Crippen molar-refractivity contribution < 1.29 is 24.2 Å². The molecule has 0 bridgehead atoms. The highest BCUT2D eigenvalue weighted by Gasteiger charge is 2.74. The van der Waals surface area contributed by atoms with Gasteiger partial charge in [0.25, 0.3) is 0 Å². The molecule has 9 nitrogen and oxygen atoms in total. The molecule has 3 N–H and O–H groups in total. The predicted octanol–water partition coefficient (Wildman–Crippen LogP) is 9.12. The van der Waals surface area contributed by atoms with Gasteiger partial charge in [0.15, 0.2) is 5.78 Å². The molecule has 4 fully saturated rings. The number of aromatic nitrogens is 1. The van der Waals surface area contributed by atoms with Crippen LogP contribution in [0.15, 0.2) is 47.0 Å². The Balaban J connectivity index is 1.28. The van der Waals surface area contributed by atoms with Crippen LogP contribution in [0.2, 0.25) is 0 Å². The number of hydrogen-bond acceptors (Lipinski definition) is 9. The van der Waals surface area contributed by atoms with Gasteiger partial charge in [-0.3, -0.25) is 24.3 Å². The number of nitrogens with two attached hydrogens (primary N) is 1. The third-order valence-corrected chi connectivity index (χ3v) is 17.8. The molecular weight excluding hydrogens is 757 g/mol. The monoisotopic (exact) mass is 833 g/mol. The Hall–Kier alpha value is -2.53. The van der Waals surface area contributed by atoms with Crippen molar-refractivity contribution >= 4 is 30.4 Å². The van der Waals surface area contributed by atoms with Gasteiger partial charge in [0.05, 0.1) is 17.5 Å². The first-order valence-electron chi connectivity index (χ1n) is 22.6. The molecule has 0 aromatic carbocycles. The minimum Gasteiger partial charge on any atom is -0.481 e. The summed E-state index contributed by atoms with van der Waals surface area (Å²) in [5, 5.41) is 11.5. The van der Waals surface area contributed by atoms with Crippen LogP contribution in [-0.4, -0.2) is 82.5 Å². The molecule has 4 saturated carbocycles. The van der Waals surface area contributed by atoms with E-state index in [2.05, 4.69) is 96.2 Å². The van der Waals surface area contributed by atoms with Crippen LogP contribution in [0.3, 0.4) is 0 Å². The van der Waals surface area contributed by atoms with Gasteiger partial charge in [-0.05, 0) is 148 Å². The summed E-state index contributed by atoms with van der Waals surface area (Å²) in [5.41, 5.74) is 9.08. The number of fused-ring (bicyclic) bond motifs is 7. The number of thiol groups is 1. The van der Waals surface area contributed by atoms with Crippen molar-refractivity contribution in [1.29, 1.82) is 0 Å². The maximum Gasteiger partial charge on any atom is 0.309 e. The highest BCUT2D eigenvalue weighted by atomic mass is 32.1. The molecule has 8 atom stereocenters. The lowest BCUT2D eigenvalue weighted by atomic mass is 9.31. The van der Waals surface area contributed by atoms with Crippen LogP contribution in [0.4, 0.5) is 0 Å². The number of aliphatic carboxylic acids is 1. The molecule has 0 radical (unpaired) electrons. The second-order valence-corrected chi connectivity index (χ2v) is 22.2. The molecule has 1 aromatic rings. The third kappa shape index (κ3) is 7.92. The number of Topliss-reactive ketones (excluding diaryl/α,β-unsaturated/α-hetero) is 1. The number of carbonyl (C=O) groups is 3. The molecule has 0 aliphatic heterocycles. The summed E-state index contributed by atoms with van der Waals surface area (Å²) in [4.78, 5) is 49.0. The molecule has 59 heavy (non-hydrogen) atoms. The van der Waals surface area contributed by atoms with Gasteiger partial charge in [-0.25, -0.2) is 0 Å². The minimum absolute atomic E-state index is 0.0289. The van der Waals surface area contributed by atoms with E-state index in [0.717, 1.165) is 102 Å². The van der Waals surface area contributed by atoms with Gasteiger partial charge in [-0.2, -0.15) is 12.6 Å². The fraction of sp³-hybridized carbons (Fsp3) is 0.755. The second kappa shape index (κ2) is 16.6. The number of hydrogen-bond donors (Lipinski definition) is 3. The van der Waals surface area contributed by atoms with Crippen LogP contribution in [0.5, 0.6) is 0 Å². The van der Waals surface area contributed by atoms with Gasteiger partial charge in [0.1, 0.15) is 6.10 Å². The van der Waals surface area contributed by atoms with Crippen molar-refractivity contribution in [2.45, 2.75) is 151 Å². The number of carboxylic acids is 1. The van der Waals surface area contributed by atoms with Gasteiger partial charge in [0.2, 0.25) is 0 Å². The van der Waals surface area contributed by atoms with Gasteiger partial charge >= 0.3 is 11.9 Å². The first-order chi connectivity index (χ1) is 27.5. The second-order valence-electron chi connectivity index (χ2n) is 21.9. The lowest BCUT2D eigenvalue weighted by Gasteiger charge is -2.74. The molecule has 1 heterocycles. The summed E-state index contributed by atoms with van der Waals surface area (Å²) in [6, 6.07) is 6.14. The molecule has 5 aliphatic rings. The lowest BCUT2D eigenvalue weighted by Crippen LogP contribution is -2.74. The Labute approximate surface area is 361 Å². The SMILES string of the molecule is CC(C)C1=C2[C@@](CCN(CCN(C)C/C=C/S)Cc3ccccn3)(CC[C@]3(C)[C@]2(N)CC[C@@H]2[C@@]4(C)CC[C@H](OC(=O)CC(C)(C)C(=O)O)C(C)(C)[C@@H]4CC[C@]23C)CC1=O. The first-order valence-corrected chi connectivity index (χ1v) is 23.1. The van der Waals surface area contributed by atoms with Crippen LogP contribution < -0.4 is 5.73 Å². The normalized spacial score (nSPS) is 35.5. The standard InChI is InChI=1S/C49H76N4O5S/c1-33(2)40-35(54)30-48(23-26-53(28-27-52(10)25-13-29-59)32-34-14-11-12-24-51-34)22-21-47(9)46(8)19-15-36-44(5,6)38(58-39(55)31-43(3,4)42(56)57)17-18-45(36,7)37(46)16-20-49(47,50)41(40)48/h11-14,24,29,33,36-38,59H,15-23,25-28,30-32,50H2,1-10H3,(H,56,57)/b29-13+/t36-,37+,38-,45-,46+,47-,48+,49-/m0/s1. The molecule has 10 heteroatoms. The summed E-state index contributed by atoms with van der Waals surface area (Å²) in [7, 11) is 2.15. The molecule has 1 aromatic heterocycles. The number of pyridine rings is 1. The zero-order valence-corrected chi connectivity index (χ0v) is 38.9. The van der Waals surface area contributed by atoms with Crippen LogP contribution >= 0.6 is 12.6 Å². The van der Waals surface area contributed by atoms with Crippen molar-refractivity contribution in [3.05, 3.63) is 52.7 Å². The number of carboxylic acid groups (broad SMARTS) is 1. The average molecular weight is 833 g/mol.